The van der Waals surface area contributed by atoms with E-state index in [-0.39, 0.29) is 0 Å². The topological polar surface area (TPSA) is 38.5 Å². The summed E-state index contributed by atoms with van der Waals surface area (Å²) in [5.74, 6) is 0. The normalized spacial score (nSPS) is 33.0. The number of nitrogens with two attached hydrogens (primary N) is 1. The van der Waals surface area contributed by atoms with E-state index in [1.807, 2.05) is 0 Å². The minimum Gasteiger partial charge on any atom is -0.378 e. The van der Waals surface area contributed by atoms with Crippen molar-refractivity contribution in [1.82, 2.24) is 4.90 Å². The molecule has 2 N–H and O–H groups in total. The number of hydrogen-bond acceptors (Lipinski definition) is 3. The molecule has 1 aliphatic heterocycles. The first-order chi connectivity index (χ1) is 8.81. The van der Waals surface area contributed by atoms with E-state index >= 15 is 0 Å². The Hall–Kier alpha value is -0.120. The Kier molecular flexibility index (Phi) is 5.93. The van der Waals surface area contributed by atoms with Crippen molar-refractivity contribution in [2.75, 3.05) is 19.7 Å². The van der Waals surface area contributed by atoms with Gasteiger partial charge in [-0.25, -0.2) is 0 Å². The van der Waals surface area contributed by atoms with Crippen LogP contribution in [0.2, 0.25) is 0 Å². The molecule has 18 heavy (non-hydrogen) atoms. The first-order valence-corrected chi connectivity index (χ1v) is 7.92. The Morgan fingerprint density at radius 2 is 1.67 bits per heavy atom. The molecule has 2 unspecified atom stereocenters. The molecule has 0 aromatic rings. The van der Waals surface area contributed by atoms with E-state index in [0.717, 1.165) is 6.61 Å². The lowest BCUT2D eigenvalue weighted by molar-refractivity contribution is -0.00147. The summed E-state index contributed by atoms with van der Waals surface area (Å²) in [7, 11) is 0. The Balaban J connectivity index is 1.82. The molecule has 0 aromatic carbocycles. The van der Waals surface area contributed by atoms with E-state index in [1.165, 1.54) is 64.5 Å². The van der Waals surface area contributed by atoms with E-state index < -0.39 is 0 Å². The average Bonchev–Trinajstić information content (AvgIpc) is 2.36. The van der Waals surface area contributed by atoms with Crippen LogP contribution in [0, 0.1) is 0 Å². The third-order valence-electron chi connectivity index (χ3n) is 4.63. The summed E-state index contributed by atoms with van der Waals surface area (Å²) < 4.78 is 5.73. The maximum atomic E-state index is 6.40. The van der Waals surface area contributed by atoms with Gasteiger partial charge < -0.3 is 10.5 Å². The number of rotatable bonds is 3. The third kappa shape index (κ3) is 3.94. The van der Waals surface area contributed by atoms with Gasteiger partial charge in [0.05, 0.1) is 6.10 Å². The highest BCUT2D eigenvalue weighted by Gasteiger charge is 2.29. The van der Waals surface area contributed by atoms with Crippen molar-refractivity contribution in [3.8, 4) is 0 Å². The molecule has 0 amide bonds. The molecule has 0 spiro atoms. The third-order valence-corrected chi connectivity index (χ3v) is 4.63. The summed E-state index contributed by atoms with van der Waals surface area (Å²) in [4.78, 5) is 2.64. The van der Waals surface area contributed by atoms with Crippen molar-refractivity contribution >= 4 is 0 Å². The van der Waals surface area contributed by atoms with Crippen molar-refractivity contribution in [2.45, 2.75) is 76.5 Å². The lowest BCUT2D eigenvalue weighted by atomic mass is 9.90. The molecule has 1 aliphatic carbocycles. The quantitative estimate of drug-likeness (QED) is 0.841. The Labute approximate surface area is 112 Å². The van der Waals surface area contributed by atoms with Gasteiger partial charge in [-0.15, -0.1) is 0 Å². The molecular weight excluding hydrogens is 224 g/mol. The second-order valence-electron chi connectivity index (χ2n) is 5.91. The summed E-state index contributed by atoms with van der Waals surface area (Å²) in [6.45, 7) is 5.32. The molecule has 2 atom stereocenters. The fraction of sp³-hybridized carbons (Fsp3) is 1.00. The van der Waals surface area contributed by atoms with Gasteiger partial charge in [-0.05, 0) is 32.6 Å². The fourth-order valence-corrected chi connectivity index (χ4v) is 3.56. The maximum absolute atomic E-state index is 6.40. The van der Waals surface area contributed by atoms with Crippen LogP contribution >= 0.6 is 0 Å². The van der Waals surface area contributed by atoms with Crippen LogP contribution in [0.3, 0.4) is 0 Å². The highest BCUT2D eigenvalue weighted by Crippen LogP contribution is 2.24. The number of hydrogen-bond donors (Lipinski definition) is 1. The zero-order chi connectivity index (χ0) is 12.8. The molecule has 2 rings (SSSR count). The summed E-state index contributed by atoms with van der Waals surface area (Å²) in [5, 5.41) is 0. The van der Waals surface area contributed by atoms with Crippen LogP contribution in [0.4, 0.5) is 0 Å². The first-order valence-electron chi connectivity index (χ1n) is 7.92. The molecular formula is C15H30N2O. The summed E-state index contributed by atoms with van der Waals surface area (Å²) in [5.41, 5.74) is 6.40. The SMILES string of the molecule is CCOC1CCN(C2CCCCCCC2N)CC1. The maximum Gasteiger partial charge on any atom is 0.0599 e. The van der Waals surface area contributed by atoms with Gasteiger partial charge in [0.15, 0.2) is 0 Å². The van der Waals surface area contributed by atoms with Crippen LogP contribution in [0.15, 0.2) is 0 Å². The molecule has 3 heteroatoms. The second-order valence-corrected chi connectivity index (χ2v) is 5.91. The standard InChI is InChI=1S/C15H30N2O/c1-2-18-13-9-11-17(12-10-13)15-8-6-4-3-5-7-14(15)16/h13-15H,2-12,16H2,1H3. The molecule has 1 saturated carbocycles. The van der Waals surface area contributed by atoms with Crippen molar-refractivity contribution in [2.24, 2.45) is 5.73 Å². The monoisotopic (exact) mass is 254 g/mol. The van der Waals surface area contributed by atoms with Gasteiger partial charge in [0.2, 0.25) is 0 Å². The van der Waals surface area contributed by atoms with Crippen LogP contribution in [-0.2, 0) is 4.74 Å². The number of piperidine rings is 1. The predicted molar refractivity (Wildman–Crippen MR) is 75.7 cm³/mol. The summed E-state index contributed by atoms with van der Waals surface area (Å²) in [6.07, 6.45) is 10.9. The highest BCUT2D eigenvalue weighted by atomic mass is 16.5. The van der Waals surface area contributed by atoms with Gasteiger partial charge in [0.1, 0.15) is 0 Å². The Morgan fingerprint density at radius 3 is 2.33 bits per heavy atom. The largest absolute Gasteiger partial charge is 0.378 e. The van der Waals surface area contributed by atoms with Gasteiger partial charge in [0.25, 0.3) is 0 Å². The molecule has 3 nitrogen and oxygen atoms in total. The van der Waals surface area contributed by atoms with Crippen molar-refractivity contribution < 1.29 is 4.74 Å². The zero-order valence-electron chi connectivity index (χ0n) is 11.9. The van der Waals surface area contributed by atoms with Gasteiger partial charge in [0, 0.05) is 31.8 Å². The van der Waals surface area contributed by atoms with Gasteiger partial charge >= 0.3 is 0 Å². The highest BCUT2D eigenvalue weighted by molar-refractivity contribution is 4.86. The van der Waals surface area contributed by atoms with Crippen LogP contribution in [-0.4, -0.2) is 42.8 Å². The zero-order valence-corrected chi connectivity index (χ0v) is 11.9. The van der Waals surface area contributed by atoms with E-state index in [0.29, 0.717) is 18.2 Å². The van der Waals surface area contributed by atoms with Gasteiger partial charge in [-0.2, -0.15) is 0 Å². The Morgan fingerprint density at radius 1 is 1.00 bits per heavy atom. The minimum absolute atomic E-state index is 0.397. The molecule has 2 fully saturated rings. The van der Waals surface area contributed by atoms with Crippen LogP contribution in [0.5, 0.6) is 0 Å². The predicted octanol–water partition coefficient (Wildman–Crippen LogP) is 2.54. The number of nitrogens with zero attached hydrogens (tertiary/aromatic N) is 1. The Bertz CT molecular complexity index is 227. The van der Waals surface area contributed by atoms with Crippen LogP contribution in [0.1, 0.15) is 58.3 Å². The van der Waals surface area contributed by atoms with Crippen molar-refractivity contribution in [3.05, 3.63) is 0 Å². The first kappa shape index (κ1) is 14.3. The van der Waals surface area contributed by atoms with Crippen LogP contribution in [0.25, 0.3) is 0 Å². The van der Waals surface area contributed by atoms with E-state index in [4.69, 9.17) is 10.5 Å². The van der Waals surface area contributed by atoms with E-state index in [2.05, 4.69) is 11.8 Å². The average molecular weight is 254 g/mol. The van der Waals surface area contributed by atoms with Crippen LogP contribution < -0.4 is 5.73 Å². The van der Waals surface area contributed by atoms with Crippen molar-refractivity contribution in [3.63, 3.8) is 0 Å². The molecule has 0 bridgehead atoms. The van der Waals surface area contributed by atoms with Gasteiger partial charge in [-0.1, -0.05) is 25.7 Å². The molecule has 0 radical (unpaired) electrons. The molecule has 2 aliphatic rings. The minimum atomic E-state index is 0.397. The lowest BCUT2D eigenvalue weighted by Crippen LogP contribution is -2.51. The number of likely N-dealkylation sites (tertiary alicyclic amines) is 1. The van der Waals surface area contributed by atoms with E-state index in [9.17, 15) is 0 Å². The lowest BCUT2D eigenvalue weighted by Gasteiger charge is -2.40. The molecule has 0 aromatic heterocycles. The fourth-order valence-electron chi connectivity index (χ4n) is 3.56. The smallest absolute Gasteiger partial charge is 0.0599 e. The number of ether oxygens (including phenoxy) is 1. The summed E-state index contributed by atoms with van der Waals surface area (Å²) >= 11 is 0. The second kappa shape index (κ2) is 7.46. The molecule has 1 saturated heterocycles. The van der Waals surface area contributed by atoms with E-state index in [1.54, 1.807) is 0 Å². The summed E-state index contributed by atoms with van der Waals surface area (Å²) in [6, 6.07) is 1.03. The molecule has 1 heterocycles. The van der Waals surface area contributed by atoms with Gasteiger partial charge in [-0.3, -0.25) is 4.90 Å². The molecule has 106 valence electrons. The van der Waals surface area contributed by atoms with Crippen molar-refractivity contribution in [1.29, 1.82) is 0 Å².